The molecule has 0 rings (SSSR count). The molecule has 0 aliphatic rings. The number of allylic oxidation sites excluding steroid dienone is 2. The smallest absolute Gasteiger partial charge is 0.0196 e. The van der Waals surface area contributed by atoms with Gasteiger partial charge in [0.2, 0.25) is 0 Å². The molecule has 1 unspecified atom stereocenters. The van der Waals surface area contributed by atoms with Gasteiger partial charge in [0.25, 0.3) is 0 Å². The van der Waals surface area contributed by atoms with E-state index >= 15 is 0 Å². The third kappa shape index (κ3) is 6.62. The maximum Gasteiger partial charge on any atom is -0.0196 e. The summed E-state index contributed by atoms with van der Waals surface area (Å²) in [6, 6.07) is 0. The molecule has 0 amide bonds. The highest BCUT2D eigenvalue weighted by molar-refractivity contribution is 5.13. The molecule has 0 N–H and O–H groups in total. The summed E-state index contributed by atoms with van der Waals surface area (Å²) in [6.45, 7) is 12.2. The van der Waals surface area contributed by atoms with Crippen molar-refractivity contribution >= 4 is 0 Å². The summed E-state index contributed by atoms with van der Waals surface area (Å²) >= 11 is 0. The Morgan fingerprint density at radius 3 is 2.38 bits per heavy atom. The van der Waals surface area contributed by atoms with Crippen molar-refractivity contribution in [2.24, 2.45) is 5.92 Å². The van der Waals surface area contributed by atoms with Crippen molar-refractivity contribution in [3.05, 3.63) is 24.8 Å². The average molecular weight is 180 g/mol. The molecule has 0 radical (unpaired) electrons. The Morgan fingerprint density at radius 1 is 1.23 bits per heavy atom. The lowest BCUT2D eigenvalue weighted by Gasteiger charge is -2.10. The van der Waals surface area contributed by atoms with Crippen LogP contribution in [0.3, 0.4) is 0 Å². The largest absolute Gasteiger partial charge is 0.0988 e. The van der Waals surface area contributed by atoms with Crippen molar-refractivity contribution in [1.82, 2.24) is 0 Å². The first-order valence-electron chi connectivity index (χ1n) is 5.53. The van der Waals surface area contributed by atoms with Crippen LogP contribution in [0.5, 0.6) is 0 Å². The predicted molar refractivity (Wildman–Crippen MR) is 61.9 cm³/mol. The summed E-state index contributed by atoms with van der Waals surface area (Å²) < 4.78 is 0. The topological polar surface area (TPSA) is 0 Å². The molecule has 0 aliphatic heterocycles. The zero-order valence-electron chi connectivity index (χ0n) is 9.31. The predicted octanol–water partition coefficient (Wildman–Crippen LogP) is 4.73. The van der Waals surface area contributed by atoms with Crippen molar-refractivity contribution in [3.63, 3.8) is 0 Å². The van der Waals surface area contributed by atoms with Gasteiger partial charge in [-0.15, -0.1) is 0 Å². The van der Waals surface area contributed by atoms with Crippen LogP contribution in [0, 0.1) is 5.92 Å². The maximum atomic E-state index is 3.97. The molecule has 13 heavy (non-hydrogen) atoms. The Balaban J connectivity index is 3.31. The number of rotatable bonds is 8. The van der Waals surface area contributed by atoms with Crippen LogP contribution in [-0.4, -0.2) is 0 Å². The Hall–Kier alpha value is -0.520. The number of hydrogen-bond acceptors (Lipinski definition) is 0. The lowest BCUT2D eigenvalue weighted by Crippen LogP contribution is -1.95. The van der Waals surface area contributed by atoms with Crippen LogP contribution in [-0.2, 0) is 0 Å². The second-order valence-electron chi connectivity index (χ2n) is 3.88. The minimum absolute atomic E-state index is 0.624. The van der Waals surface area contributed by atoms with E-state index in [1.54, 1.807) is 0 Å². The molecule has 0 spiro atoms. The lowest BCUT2D eigenvalue weighted by molar-refractivity contribution is 0.541. The molecule has 0 nitrogen and oxygen atoms in total. The van der Waals surface area contributed by atoms with E-state index in [0.29, 0.717) is 5.92 Å². The van der Waals surface area contributed by atoms with E-state index in [0.717, 1.165) is 0 Å². The Labute approximate surface area is 83.7 Å². The van der Waals surface area contributed by atoms with Gasteiger partial charge in [0, 0.05) is 0 Å². The van der Waals surface area contributed by atoms with Gasteiger partial charge in [-0.2, -0.15) is 0 Å². The fourth-order valence-electron chi connectivity index (χ4n) is 1.44. The van der Waals surface area contributed by atoms with E-state index in [9.17, 15) is 0 Å². The lowest BCUT2D eigenvalue weighted by atomic mass is 9.96. The molecule has 0 heteroatoms. The van der Waals surface area contributed by atoms with Gasteiger partial charge in [0.15, 0.2) is 0 Å². The maximum absolute atomic E-state index is 3.97. The minimum atomic E-state index is 0.624. The molecule has 1 atom stereocenters. The highest BCUT2D eigenvalue weighted by atomic mass is 14.1. The molecule has 76 valence electrons. The first-order chi connectivity index (χ1) is 6.22. The molecular weight excluding hydrogens is 156 g/mol. The fourth-order valence-corrected chi connectivity index (χ4v) is 1.44. The summed E-state index contributed by atoms with van der Waals surface area (Å²) in [6.07, 6.45) is 9.98. The molecule has 0 aromatic heterocycles. The number of hydrogen-bond donors (Lipinski definition) is 0. The summed E-state index contributed by atoms with van der Waals surface area (Å²) in [5, 5.41) is 0. The fraction of sp³-hybridized carbons (Fsp3) is 0.692. The Bertz CT molecular complexity index is 144. The summed E-state index contributed by atoms with van der Waals surface area (Å²) in [5.74, 6) is 0.624. The molecule has 0 saturated carbocycles. The Kier molecular flexibility index (Phi) is 7.77. The van der Waals surface area contributed by atoms with Crippen LogP contribution in [0.2, 0.25) is 0 Å². The zero-order valence-corrected chi connectivity index (χ0v) is 9.31. The van der Waals surface area contributed by atoms with Gasteiger partial charge in [-0.05, 0) is 12.3 Å². The van der Waals surface area contributed by atoms with E-state index in [1.807, 2.05) is 6.08 Å². The Morgan fingerprint density at radius 2 is 1.85 bits per heavy atom. The first kappa shape index (κ1) is 12.5. The highest BCUT2D eigenvalue weighted by Gasteiger charge is 2.02. The minimum Gasteiger partial charge on any atom is -0.0988 e. The first-order valence-corrected chi connectivity index (χ1v) is 5.53. The molecule has 0 heterocycles. The summed E-state index contributed by atoms with van der Waals surface area (Å²) in [4.78, 5) is 0. The van der Waals surface area contributed by atoms with E-state index in [4.69, 9.17) is 0 Å². The van der Waals surface area contributed by atoms with Gasteiger partial charge in [0.1, 0.15) is 0 Å². The number of unbranched alkanes of at least 4 members (excludes halogenated alkanes) is 4. The van der Waals surface area contributed by atoms with Gasteiger partial charge in [-0.1, -0.05) is 70.8 Å². The van der Waals surface area contributed by atoms with Gasteiger partial charge in [-0.3, -0.25) is 0 Å². The SMILES string of the molecule is C=CC(=C)C(C)CCCCCCC. The van der Waals surface area contributed by atoms with Crippen LogP contribution in [0.15, 0.2) is 24.8 Å². The van der Waals surface area contributed by atoms with Gasteiger partial charge in [-0.25, -0.2) is 0 Å². The van der Waals surface area contributed by atoms with Crippen LogP contribution < -0.4 is 0 Å². The van der Waals surface area contributed by atoms with Crippen molar-refractivity contribution in [1.29, 1.82) is 0 Å². The summed E-state index contributed by atoms with van der Waals surface area (Å²) in [7, 11) is 0. The molecule has 0 bridgehead atoms. The molecule has 0 aromatic carbocycles. The van der Waals surface area contributed by atoms with Crippen LogP contribution in [0.25, 0.3) is 0 Å². The second-order valence-corrected chi connectivity index (χ2v) is 3.88. The molecular formula is C13H24. The standard InChI is InChI=1S/C13H24/c1-5-7-8-9-10-11-13(4)12(3)6-2/h6,13H,2-3,5,7-11H2,1,4H3. The van der Waals surface area contributed by atoms with E-state index in [1.165, 1.54) is 44.1 Å². The van der Waals surface area contributed by atoms with Crippen LogP contribution in [0.4, 0.5) is 0 Å². The van der Waals surface area contributed by atoms with Crippen molar-refractivity contribution in [2.75, 3.05) is 0 Å². The summed E-state index contributed by atoms with van der Waals surface area (Å²) in [5.41, 5.74) is 1.19. The molecule has 0 aliphatic carbocycles. The molecule has 0 aromatic rings. The molecule has 0 saturated heterocycles. The molecule has 0 fully saturated rings. The normalized spacial score (nSPS) is 12.5. The zero-order chi connectivity index (χ0) is 10.1. The monoisotopic (exact) mass is 180 g/mol. The van der Waals surface area contributed by atoms with Gasteiger partial charge < -0.3 is 0 Å². The van der Waals surface area contributed by atoms with E-state index in [2.05, 4.69) is 27.0 Å². The second kappa shape index (κ2) is 8.10. The van der Waals surface area contributed by atoms with Crippen LogP contribution in [0.1, 0.15) is 52.4 Å². The van der Waals surface area contributed by atoms with Crippen LogP contribution >= 0.6 is 0 Å². The quantitative estimate of drug-likeness (QED) is 0.374. The van der Waals surface area contributed by atoms with Crippen molar-refractivity contribution in [2.45, 2.75) is 52.4 Å². The van der Waals surface area contributed by atoms with Gasteiger partial charge >= 0.3 is 0 Å². The van der Waals surface area contributed by atoms with E-state index in [-0.39, 0.29) is 0 Å². The average Bonchev–Trinajstić information content (AvgIpc) is 2.16. The van der Waals surface area contributed by atoms with E-state index < -0.39 is 0 Å². The van der Waals surface area contributed by atoms with Crippen molar-refractivity contribution in [3.8, 4) is 0 Å². The van der Waals surface area contributed by atoms with Gasteiger partial charge in [0.05, 0.1) is 0 Å². The third-order valence-electron chi connectivity index (χ3n) is 2.64. The van der Waals surface area contributed by atoms with Crippen molar-refractivity contribution < 1.29 is 0 Å². The highest BCUT2D eigenvalue weighted by Crippen LogP contribution is 2.17. The third-order valence-corrected chi connectivity index (χ3v) is 2.64.